The van der Waals surface area contributed by atoms with Gasteiger partial charge in [0.1, 0.15) is 0 Å². The Kier molecular flexibility index (Phi) is 1.57. The van der Waals surface area contributed by atoms with Gasteiger partial charge in [-0.25, -0.2) is 0 Å². The predicted octanol–water partition coefficient (Wildman–Crippen LogP) is -0.831. The molecule has 1 rings (SSSR count). The molecule has 52 valence electrons. The Morgan fingerprint density at radius 2 is 2.22 bits per heavy atom. The zero-order valence-electron chi connectivity index (χ0n) is 5.41. The lowest BCUT2D eigenvalue weighted by atomic mass is 10.2. The molecule has 1 heterocycles. The van der Waals surface area contributed by atoms with Gasteiger partial charge in [-0.15, -0.1) is 0 Å². The molecule has 0 amide bonds. The average Bonchev–Trinajstić information content (AvgIpc) is 1.60. The minimum Gasteiger partial charge on any atom is -0.361 e. The predicted molar refractivity (Wildman–Crippen MR) is 33.8 cm³/mol. The molecule has 0 aromatic rings. The molecule has 0 unspecified atom stereocenters. The van der Waals surface area contributed by atoms with Gasteiger partial charge in [0, 0.05) is 6.54 Å². The first-order valence-corrected chi connectivity index (χ1v) is 2.91. The summed E-state index contributed by atoms with van der Waals surface area (Å²) in [6, 6.07) is 0. The highest BCUT2D eigenvalue weighted by atomic mass is 16.5. The molecule has 0 bridgehead atoms. The number of β-amino-alcohol motifs (C(OH)–C–C–N with tert-alkyl or cyclic N) is 2. The summed E-state index contributed by atoms with van der Waals surface area (Å²) < 4.78 is 0. The molecular formula is C6H11NO2. The van der Waals surface area contributed by atoms with Crippen molar-refractivity contribution >= 4 is 0 Å². The average molecular weight is 129 g/mol. The molecule has 9 heavy (non-hydrogen) atoms. The van der Waals surface area contributed by atoms with Crippen LogP contribution in [0.5, 0.6) is 0 Å². The van der Waals surface area contributed by atoms with Crippen molar-refractivity contribution in [1.29, 1.82) is 0 Å². The summed E-state index contributed by atoms with van der Waals surface area (Å²) >= 11 is 0. The largest absolute Gasteiger partial charge is 0.361 e. The summed E-state index contributed by atoms with van der Waals surface area (Å²) in [7, 11) is 1.84. The summed E-state index contributed by atoms with van der Waals surface area (Å²) in [6.07, 6.45) is 3.15. The zero-order valence-corrected chi connectivity index (χ0v) is 5.41. The molecule has 0 radical (unpaired) electrons. The second-order valence-corrected chi connectivity index (χ2v) is 2.48. The number of hydrogen-bond donors (Lipinski definition) is 2. The fourth-order valence-electron chi connectivity index (χ4n) is 0.936. The highest BCUT2D eigenvalue weighted by molar-refractivity contribution is 5.01. The van der Waals surface area contributed by atoms with Crippen molar-refractivity contribution in [3.63, 3.8) is 0 Å². The second kappa shape index (κ2) is 2.10. The van der Waals surface area contributed by atoms with Gasteiger partial charge in [-0.2, -0.15) is 0 Å². The Balaban J connectivity index is 2.60. The van der Waals surface area contributed by atoms with Gasteiger partial charge in [0.05, 0.1) is 6.54 Å². The van der Waals surface area contributed by atoms with Crippen LogP contribution in [0.3, 0.4) is 0 Å². The van der Waals surface area contributed by atoms with Crippen LogP contribution in [0.25, 0.3) is 0 Å². The Bertz CT molecular complexity index is 131. The smallest absolute Gasteiger partial charge is 0.195 e. The second-order valence-electron chi connectivity index (χ2n) is 2.48. The maximum atomic E-state index is 8.97. The molecule has 0 spiro atoms. The van der Waals surface area contributed by atoms with Crippen molar-refractivity contribution in [2.45, 2.75) is 5.79 Å². The molecule has 0 saturated carbocycles. The van der Waals surface area contributed by atoms with Gasteiger partial charge < -0.3 is 10.2 Å². The van der Waals surface area contributed by atoms with Crippen LogP contribution in [0.4, 0.5) is 0 Å². The van der Waals surface area contributed by atoms with Crippen molar-refractivity contribution < 1.29 is 10.2 Å². The van der Waals surface area contributed by atoms with E-state index in [1.54, 1.807) is 6.08 Å². The quantitative estimate of drug-likeness (QED) is 0.331. The van der Waals surface area contributed by atoms with Gasteiger partial charge in [0.2, 0.25) is 0 Å². The Labute approximate surface area is 54.2 Å². The van der Waals surface area contributed by atoms with Crippen LogP contribution in [0.15, 0.2) is 12.2 Å². The van der Waals surface area contributed by atoms with Crippen molar-refractivity contribution in [2.75, 3.05) is 20.1 Å². The van der Waals surface area contributed by atoms with Gasteiger partial charge in [-0.1, -0.05) is 6.08 Å². The number of aliphatic hydroxyl groups is 2. The van der Waals surface area contributed by atoms with E-state index in [4.69, 9.17) is 10.2 Å². The van der Waals surface area contributed by atoms with Crippen LogP contribution >= 0.6 is 0 Å². The molecule has 3 nitrogen and oxygen atoms in total. The summed E-state index contributed by atoms with van der Waals surface area (Å²) in [5.41, 5.74) is 0. The molecular weight excluding hydrogens is 118 g/mol. The maximum absolute atomic E-state index is 8.97. The first-order valence-electron chi connectivity index (χ1n) is 2.91. The summed E-state index contributed by atoms with van der Waals surface area (Å²) in [6.45, 7) is 1.09. The van der Waals surface area contributed by atoms with E-state index in [-0.39, 0.29) is 0 Å². The molecule has 0 aromatic heterocycles. The Hall–Kier alpha value is -0.380. The first kappa shape index (κ1) is 6.74. The SMILES string of the molecule is CN1CC=CC(O)(O)C1. The molecule has 1 aliphatic heterocycles. The third-order valence-corrected chi connectivity index (χ3v) is 1.30. The van der Waals surface area contributed by atoms with Crippen LogP contribution in [-0.4, -0.2) is 41.0 Å². The third kappa shape index (κ3) is 1.78. The number of likely N-dealkylation sites (N-methyl/N-ethyl adjacent to an activating group) is 1. The molecule has 0 saturated heterocycles. The first-order chi connectivity index (χ1) is 4.10. The maximum Gasteiger partial charge on any atom is 0.195 e. The molecule has 3 heteroatoms. The van der Waals surface area contributed by atoms with Crippen LogP contribution in [-0.2, 0) is 0 Å². The van der Waals surface area contributed by atoms with E-state index in [1.165, 1.54) is 6.08 Å². The zero-order chi connectivity index (χ0) is 6.91. The van der Waals surface area contributed by atoms with Gasteiger partial charge >= 0.3 is 0 Å². The minimum absolute atomic E-state index is 0.295. The summed E-state index contributed by atoms with van der Waals surface area (Å²) in [5, 5.41) is 17.9. The van der Waals surface area contributed by atoms with Crippen LogP contribution in [0, 0.1) is 0 Å². The van der Waals surface area contributed by atoms with Crippen LogP contribution < -0.4 is 0 Å². The molecule has 0 atom stereocenters. The number of rotatable bonds is 0. The van der Waals surface area contributed by atoms with E-state index in [0.717, 1.165) is 6.54 Å². The molecule has 0 aliphatic carbocycles. The minimum atomic E-state index is -1.60. The van der Waals surface area contributed by atoms with Gasteiger partial charge in [0.25, 0.3) is 0 Å². The Morgan fingerprint density at radius 3 is 2.56 bits per heavy atom. The van der Waals surface area contributed by atoms with E-state index in [0.29, 0.717) is 6.54 Å². The van der Waals surface area contributed by atoms with E-state index in [2.05, 4.69) is 0 Å². The normalized spacial score (nSPS) is 26.6. The Morgan fingerprint density at radius 1 is 1.56 bits per heavy atom. The summed E-state index contributed by atoms with van der Waals surface area (Å²) in [5.74, 6) is -1.60. The topological polar surface area (TPSA) is 43.7 Å². The van der Waals surface area contributed by atoms with Crippen molar-refractivity contribution in [1.82, 2.24) is 4.90 Å². The van der Waals surface area contributed by atoms with Crippen molar-refractivity contribution in [3.05, 3.63) is 12.2 Å². The fourth-order valence-corrected chi connectivity index (χ4v) is 0.936. The van der Waals surface area contributed by atoms with E-state index >= 15 is 0 Å². The standard InChI is InChI=1S/C6H11NO2/c1-7-4-2-3-6(8,9)5-7/h2-3,8-9H,4-5H2,1H3. The highest BCUT2D eigenvalue weighted by Crippen LogP contribution is 2.08. The molecule has 0 fully saturated rings. The highest BCUT2D eigenvalue weighted by Gasteiger charge is 2.23. The fraction of sp³-hybridized carbons (Fsp3) is 0.667. The lowest BCUT2D eigenvalue weighted by molar-refractivity contribution is -0.134. The lowest BCUT2D eigenvalue weighted by Crippen LogP contribution is -2.42. The van der Waals surface area contributed by atoms with Crippen LogP contribution in [0.1, 0.15) is 0 Å². The number of hydrogen-bond acceptors (Lipinski definition) is 3. The summed E-state index contributed by atoms with van der Waals surface area (Å²) in [4.78, 5) is 1.83. The van der Waals surface area contributed by atoms with Crippen molar-refractivity contribution in [3.8, 4) is 0 Å². The van der Waals surface area contributed by atoms with Crippen LogP contribution in [0.2, 0.25) is 0 Å². The van der Waals surface area contributed by atoms with E-state index < -0.39 is 5.79 Å². The van der Waals surface area contributed by atoms with Gasteiger partial charge in [-0.05, 0) is 13.1 Å². The molecule has 1 aliphatic rings. The lowest BCUT2D eigenvalue weighted by Gasteiger charge is -2.27. The monoisotopic (exact) mass is 129 g/mol. The molecule has 2 N–H and O–H groups in total. The van der Waals surface area contributed by atoms with E-state index in [1.807, 2.05) is 11.9 Å². The van der Waals surface area contributed by atoms with E-state index in [9.17, 15) is 0 Å². The molecule has 0 aromatic carbocycles. The van der Waals surface area contributed by atoms with Crippen molar-refractivity contribution in [2.24, 2.45) is 0 Å². The third-order valence-electron chi connectivity index (χ3n) is 1.30. The van der Waals surface area contributed by atoms with Gasteiger partial charge in [-0.3, -0.25) is 4.90 Å². The van der Waals surface area contributed by atoms with Gasteiger partial charge in [0.15, 0.2) is 5.79 Å². The number of nitrogens with zero attached hydrogens (tertiary/aromatic N) is 1.